The zero-order valence-electron chi connectivity index (χ0n) is 20.2. The molecule has 3 aromatic carbocycles. The molecule has 0 fully saturated rings. The van der Waals surface area contributed by atoms with E-state index in [2.05, 4.69) is 25.2 Å². The summed E-state index contributed by atoms with van der Waals surface area (Å²) in [6, 6.07) is 21.4. The molecule has 6 nitrogen and oxygen atoms in total. The van der Waals surface area contributed by atoms with Crippen molar-refractivity contribution in [1.29, 1.82) is 0 Å². The fraction of sp³-hybridized carbons (Fsp3) is 0.111. The van der Waals surface area contributed by atoms with E-state index in [0.29, 0.717) is 24.6 Å². The van der Waals surface area contributed by atoms with Gasteiger partial charge in [-0.25, -0.2) is 9.97 Å². The van der Waals surface area contributed by atoms with Gasteiger partial charge in [0.1, 0.15) is 23.3 Å². The van der Waals surface area contributed by atoms with E-state index >= 15 is 0 Å². The van der Waals surface area contributed by atoms with Crippen LogP contribution >= 0.6 is 36.4 Å². The molecule has 0 bridgehead atoms. The minimum absolute atomic E-state index is 0. The van der Waals surface area contributed by atoms with Crippen LogP contribution in [0.5, 0.6) is 11.5 Å². The number of nitrogens with one attached hydrogen (secondary N) is 2. The maximum absolute atomic E-state index is 13.0. The second-order valence-corrected chi connectivity index (χ2v) is 8.56. The lowest BCUT2D eigenvalue weighted by Crippen LogP contribution is -2.10. The Balaban J connectivity index is 0.00000210. The van der Waals surface area contributed by atoms with Crippen molar-refractivity contribution in [2.24, 2.45) is 0 Å². The SMILES string of the molecule is Cl.Cl.FC(F)(F)c1cccc(Oc2ccc(Nc3ncnc4ccn(CCNc5ccccc5)c34)cc2Cl)c1. The number of alkyl halides is 3. The van der Waals surface area contributed by atoms with Gasteiger partial charge in [-0.15, -0.1) is 24.8 Å². The van der Waals surface area contributed by atoms with E-state index in [-0.39, 0.29) is 41.3 Å². The molecule has 204 valence electrons. The molecule has 2 N–H and O–H groups in total. The van der Waals surface area contributed by atoms with Crippen LogP contribution in [0.2, 0.25) is 5.02 Å². The Morgan fingerprint density at radius 3 is 2.41 bits per heavy atom. The summed E-state index contributed by atoms with van der Waals surface area (Å²) in [5.74, 6) is 0.865. The van der Waals surface area contributed by atoms with Crippen LogP contribution in [-0.4, -0.2) is 21.1 Å². The van der Waals surface area contributed by atoms with E-state index in [1.165, 1.54) is 18.5 Å². The normalized spacial score (nSPS) is 10.9. The number of benzene rings is 3. The Labute approximate surface area is 240 Å². The van der Waals surface area contributed by atoms with E-state index in [1.807, 2.05) is 42.6 Å². The zero-order valence-corrected chi connectivity index (χ0v) is 22.5. The Kier molecular flexibility index (Phi) is 9.91. The highest BCUT2D eigenvalue weighted by molar-refractivity contribution is 6.32. The quantitative estimate of drug-likeness (QED) is 0.188. The molecule has 5 rings (SSSR count). The predicted octanol–water partition coefficient (Wildman–Crippen LogP) is 8.60. The largest absolute Gasteiger partial charge is 0.456 e. The predicted molar refractivity (Wildman–Crippen MR) is 153 cm³/mol. The van der Waals surface area contributed by atoms with Gasteiger partial charge in [-0.05, 0) is 54.6 Å². The van der Waals surface area contributed by atoms with Gasteiger partial charge in [0.25, 0.3) is 0 Å². The third kappa shape index (κ3) is 7.26. The average molecular weight is 597 g/mol. The number of para-hydroxylation sites is 1. The van der Waals surface area contributed by atoms with Crippen molar-refractivity contribution in [3.05, 3.63) is 102 Å². The standard InChI is InChI=1S/C27H21ClF3N5O.2ClH/c28-22-16-20(9-10-24(22)37-21-8-4-5-18(15-21)27(29,30)31)35-26-25-23(33-17-34-26)11-13-36(25)14-12-32-19-6-2-1-3-7-19;;/h1-11,13,15-17,32H,12,14H2,(H,33,34,35);2*1H. The molecule has 0 atom stereocenters. The van der Waals surface area contributed by atoms with Crippen LogP contribution in [0.3, 0.4) is 0 Å². The van der Waals surface area contributed by atoms with Crippen molar-refractivity contribution in [2.75, 3.05) is 17.2 Å². The highest BCUT2D eigenvalue weighted by Gasteiger charge is 2.30. The van der Waals surface area contributed by atoms with Crippen molar-refractivity contribution in [2.45, 2.75) is 12.7 Å². The van der Waals surface area contributed by atoms with Crippen molar-refractivity contribution in [3.63, 3.8) is 0 Å². The topological polar surface area (TPSA) is 64.0 Å². The van der Waals surface area contributed by atoms with Gasteiger partial charge in [0.2, 0.25) is 0 Å². The summed E-state index contributed by atoms with van der Waals surface area (Å²) >= 11 is 6.40. The summed E-state index contributed by atoms with van der Waals surface area (Å²) < 4.78 is 46.7. The molecule has 0 amide bonds. The summed E-state index contributed by atoms with van der Waals surface area (Å²) in [5, 5.41) is 6.88. The molecule has 0 spiro atoms. The summed E-state index contributed by atoms with van der Waals surface area (Å²) in [7, 11) is 0. The molecule has 0 unspecified atom stereocenters. The second kappa shape index (κ2) is 12.9. The number of hydrogen-bond acceptors (Lipinski definition) is 5. The molecule has 0 radical (unpaired) electrons. The molecule has 0 saturated carbocycles. The number of fused-ring (bicyclic) bond motifs is 1. The molecule has 39 heavy (non-hydrogen) atoms. The van der Waals surface area contributed by atoms with Gasteiger partial charge in [-0.3, -0.25) is 0 Å². The average Bonchev–Trinajstić information content (AvgIpc) is 3.30. The summed E-state index contributed by atoms with van der Waals surface area (Å²) in [6.45, 7) is 1.39. The van der Waals surface area contributed by atoms with Gasteiger partial charge >= 0.3 is 6.18 Å². The van der Waals surface area contributed by atoms with Gasteiger partial charge in [0.05, 0.1) is 16.1 Å². The fourth-order valence-corrected chi connectivity index (χ4v) is 4.07. The second-order valence-electron chi connectivity index (χ2n) is 8.16. The Morgan fingerprint density at radius 2 is 1.67 bits per heavy atom. The van der Waals surface area contributed by atoms with E-state index in [1.54, 1.807) is 18.2 Å². The van der Waals surface area contributed by atoms with Crippen LogP contribution in [0.4, 0.5) is 30.4 Å². The maximum atomic E-state index is 13.0. The molecule has 2 aromatic heterocycles. The van der Waals surface area contributed by atoms with Crippen molar-refractivity contribution < 1.29 is 17.9 Å². The first-order valence-electron chi connectivity index (χ1n) is 11.4. The molecule has 0 aliphatic carbocycles. The van der Waals surface area contributed by atoms with Gasteiger partial charge < -0.3 is 19.9 Å². The lowest BCUT2D eigenvalue weighted by Gasteiger charge is -2.14. The number of aromatic nitrogens is 3. The molecular weight excluding hydrogens is 574 g/mol. The first-order chi connectivity index (χ1) is 17.9. The number of rotatable bonds is 8. The molecule has 12 heteroatoms. The van der Waals surface area contributed by atoms with Gasteiger partial charge in [-0.2, -0.15) is 13.2 Å². The van der Waals surface area contributed by atoms with Crippen LogP contribution in [0.25, 0.3) is 11.0 Å². The van der Waals surface area contributed by atoms with Crippen LogP contribution in [0.15, 0.2) is 91.4 Å². The van der Waals surface area contributed by atoms with Crippen molar-refractivity contribution in [1.82, 2.24) is 14.5 Å². The van der Waals surface area contributed by atoms with E-state index in [4.69, 9.17) is 16.3 Å². The summed E-state index contributed by atoms with van der Waals surface area (Å²) in [5.41, 5.74) is 2.49. The molecule has 0 saturated heterocycles. The maximum Gasteiger partial charge on any atom is 0.416 e. The van der Waals surface area contributed by atoms with E-state index in [0.717, 1.165) is 28.9 Å². The summed E-state index contributed by atoms with van der Waals surface area (Å²) in [6.07, 6.45) is -1.03. The van der Waals surface area contributed by atoms with Crippen LogP contribution in [0.1, 0.15) is 5.56 Å². The van der Waals surface area contributed by atoms with E-state index in [9.17, 15) is 13.2 Å². The van der Waals surface area contributed by atoms with Crippen LogP contribution in [-0.2, 0) is 12.7 Å². The highest BCUT2D eigenvalue weighted by Crippen LogP contribution is 2.36. The van der Waals surface area contributed by atoms with Gasteiger partial charge in [0.15, 0.2) is 5.82 Å². The molecule has 0 aliphatic heterocycles. The highest BCUT2D eigenvalue weighted by atomic mass is 35.5. The summed E-state index contributed by atoms with van der Waals surface area (Å²) in [4.78, 5) is 8.76. The van der Waals surface area contributed by atoms with Gasteiger partial charge in [-0.1, -0.05) is 35.9 Å². The number of ether oxygens (including phenoxy) is 1. The van der Waals surface area contributed by atoms with Crippen LogP contribution < -0.4 is 15.4 Å². The monoisotopic (exact) mass is 595 g/mol. The van der Waals surface area contributed by atoms with E-state index < -0.39 is 11.7 Å². The molecular formula is C27H23Cl3F3N5O. The van der Waals surface area contributed by atoms with Crippen molar-refractivity contribution in [3.8, 4) is 11.5 Å². The first kappa shape index (κ1) is 29.9. The molecule has 0 aliphatic rings. The Morgan fingerprint density at radius 1 is 0.872 bits per heavy atom. The Bertz CT molecular complexity index is 1530. The number of nitrogens with zero attached hydrogens (tertiary/aromatic N) is 3. The fourth-order valence-electron chi connectivity index (χ4n) is 3.85. The minimum atomic E-state index is -4.46. The minimum Gasteiger partial charge on any atom is -0.456 e. The third-order valence-corrected chi connectivity index (χ3v) is 5.88. The van der Waals surface area contributed by atoms with Crippen molar-refractivity contribution >= 4 is 64.6 Å². The number of anilines is 3. The van der Waals surface area contributed by atoms with Gasteiger partial charge in [0, 0.05) is 30.7 Å². The Hall–Kier alpha value is -3.66. The van der Waals surface area contributed by atoms with Crippen LogP contribution in [0, 0.1) is 0 Å². The lowest BCUT2D eigenvalue weighted by atomic mass is 10.2. The number of hydrogen-bond donors (Lipinski definition) is 2. The zero-order chi connectivity index (χ0) is 25.8. The number of halogens is 6. The first-order valence-corrected chi connectivity index (χ1v) is 11.7. The molecule has 5 aromatic rings. The third-order valence-electron chi connectivity index (χ3n) is 5.59. The smallest absolute Gasteiger partial charge is 0.416 e. The lowest BCUT2D eigenvalue weighted by molar-refractivity contribution is -0.137. The molecule has 2 heterocycles.